The number of imidazole rings is 1. The highest BCUT2D eigenvalue weighted by Gasteiger charge is 2.33. The van der Waals surface area contributed by atoms with Gasteiger partial charge in [-0.25, -0.2) is 4.98 Å². The molecule has 3 aromatic carbocycles. The van der Waals surface area contributed by atoms with Crippen molar-refractivity contribution in [1.29, 1.82) is 0 Å². The number of hydrogen-bond acceptors (Lipinski definition) is 4. The molecule has 1 aliphatic carbocycles. The van der Waals surface area contributed by atoms with Crippen molar-refractivity contribution in [3.05, 3.63) is 88.3 Å². The maximum atomic E-state index is 13.0. The van der Waals surface area contributed by atoms with E-state index in [0.29, 0.717) is 11.1 Å². The number of aryl methyl sites for hydroxylation is 1. The minimum atomic E-state index is -0.209. The van der Waals surface area contributed by atoms with E-state index in [2.05, 4.69) is 9.24 Å². The second-order valence-corrected chi connectivity index (χ2v) is 9.65. The fraction of sp³-hybridized carbons (Fsp3) is 0.0385. The molecule has 0 N–H and O–H groups in total. The molecule has 0 saturated carbocycles. The van der Waals surface area contributed by atoms with Crippen LogP contribution in [0.2, 0.25) is 0 Å². The molecule has 1 unspecified atom stereocenters. The summed E-state index contributed by atoms with van der Waals surface area (Å²) in [5.41, 5.74) is 3.22. The van der Waals surface area contributed by atoms with Gasteiger partial charge < -0.3 is 4.57 Å². The first-order valence-electron chi connectivity index (χ1n) is 10.2. The summed E-state index contributed by atoms with van der Waals surface area (Å²) in [4.78, 5) is 32.6. The van der Waals surface area contributed by atoms with Crippen molar-refractivity contribution < 1.29 is 9.59 Å². The molecule has 0 fully saturated rings. The molecule has 2 heterocycles. The van der Waals surface area contributed by atoms with Gasteiger partial charge in [0.15, 0.2) is 11.6 Å². The molecule has 2 aromatic heterocycles. The van der Waals surface area contributed by atoms with Crippen LogP contribution in [0, 0.1) is 0 Å². The van der Waals surface area contributed by atoms with Crippen LogP contribution in [0.25, 0.3) is 38.6 Å². The fourth-order valence-corrected chi connectivity index (χ4v) is 5.44. The lowest BCUT2D eigenvalue weighted by Gasteiger charge is -2.02. The average molecular weight is 452 g/mol. The minimum Gasteiger partial charge on any atom is -0.326 e. The van der Waals surface area contributed by atoms with Crippen LogP contribution in [-0.2, 0) is 7.05 Å². The summed E-state index contributed by atoms with van der Waals surface area (Å²) in [6.45, 7) is 0. The first kappa shape index (κ1) is 19.3. The molecule has 1 aliphatic rings. The maximum Gasteiger partial charge on any atom is 0.197 e. The molecule has 5 aromatic rings. The first-order chi connectivity index (χ1) is 15.5. The molecular weight excluding hydrogens is 435 g/mol. The number of thiophene rings is 1. The Morgan fingerprint density at radius 1 is 0.906 bits per heavy atom. The molecule has 0 saturated heterocycles. The quantitative estimate of drug-likeness (QED) is 0.204. The van der Waals surface area contributed by atoms with Gasteiger partial charge in [-0.3, -0.25) is 9.59 Å². The number of Topliss-reactive ketones (excluding diaryl/α,β-unsaturated/α-hetero) is 2. The normalized spacial score (nSPS) is 13.4. The lowest BCUT2D eigenvalue weighted by atomic mass is 10.0. The van der Waals surface area contributed by atoms with Crippen LogP contribution in [-0.4, -0.2) is 21.1 Å². The van der Waals surface area contributed by atoms with Crippen LogP contribution in [0.15, 0.2) is 72.3 Å². The van der Waals surface area contributed by atoms with E-state index in [4.69, 9.17) is 4.98 Å². The van der Waals surface area contributed by atoms with E-state index >= 15 is 0 Å². The third-order valence-corrected chi connectivity index (χ3v) is 7.27. The van der Waals surface area contributed by atoms with Crippen molar-refractivity contribution in [3.8, 4) is 11.4 Å². The zero-order valence-corrected chi connectivity index (χ0v) is 19.1. The summed E-state index contributed by atoms with van der Waals surface area (Å²) in [5, 5.41) is 3.04. The van der Waals surface area contributed by atoms with Crippen molar-refractivity contribution in [3.63, 3.8) is 0 Å². The number of nitrogens with zero attached hydrogens (tertiary/aromatic N) is 2. The van der Waals surface area contributed by atoms with Gasteiger partial charge >= 0.3 is 0 Å². The van der Waals surface area contributed by atoms with E-state index < -0.39 is 0 Å². The van der Waals surface area contributed by atoms with E-state index in [-0.39, 0.29) is 17.1 Å². The van der Waals surface area contributed by atoms with E-state index in [9.17, 15) is 9.59 Å². The number of aromatic nitrogens is 2. The number of hydrogen-bond donors (Lipinski definition) is 0. The summed E-state index contributed by atoms with van der Waals surface area (Å²) in [5.74, 6) is 0.473. The lowest BCUT2D eigenvalue weighted by molar-refractivity contribution is 0.0990. The third-order valence-electron chi connectivity index (χ3n) is 5.92. The predicted molar refractivity (Wildman–Crippen MR) is 134 cm³/mol. The molecule has 32 heavy (non-hydrogen) atoms. The summed E-state index contributed by atoms with van der Waals surface area (Å²) in [6, 6.07) is 21.6. The molecule has 4 nitrogen and oxygen atoms in total. The maximum absolute atomic E-state index is 13.0. The van der Waals surface area contributed by atoms with Gasteiger partial charge in [0.1, 0.15) is 10.7 Å². The molecule has 6 heteroatoms. The highest BCUT2D eigenvalue weighted by Crippen LogP contribution is 2.35. The highest BCUT2D eigenvalue weighted by molar-refractivity contribution is 7.27. The van der Waals surface area contributed by atoms with E-state index in [1.807, 2.05) is 78.3 Å². The Bertz CT molecular complexity index is 1570. The van der Waals surface area contributed by atoms with Crippen molar-refractivity contribution in [2.75, 3.05) is 0 Å². The fourth-order valence-electron chi connectivity index (χ4n) is 4.24. The van der Waals surface area contributed by atoms with Gasteiger partial charge in [-0.15, -0.1) is 20.6 Å². The Labute approximate surface area is 190 Å². The van der Waals surface area contributed by atoms with Crippen molar-refractivity contribution in [2.24, 2.45) is 7.05 Å². The molecule has 1 atom stereocenters. The Morgan fingerprint density at radius 2 is 1.53 bits per heavy atom. The van der Waals surface area contributed by atoms with Gasteiger partial charge in [-0.05, 0) is 40.4 Å². The second-order valence-electron chi connectivity index (χ2n) is 7.92. The Kier molecular flexibility index (Phi) is 4.26. The van der Waals surface area contributed by atoms with E-state index in [1.165, 1.54) is 11.3 Å². The van der Waals surface area contributed by atoms with Crippen LogP contribution in [0.4, 0.5) is 0 Å². The zero-order valence-electron chi connectivity index (χ0n) is 17.1. The van der Waals surface area contributed by atoms with E-state index in [1.54, 1.807) is 6.08 Å². The number of rotatable bonds is 2. The van der Waals surface area contributed by atoms with Crippen molar-refractivity contribution in [1.82, 2.24) is 9.55 Å². The summed E-state index contributed by atoms with van der Waals surface area (Å²) >= 11 is 1.49. The van der Waals surface area contributed by atoms with Crippen LogP contribution in [0.5, 0.6) is 0 Å². The number of benzene rings is 3. The number of carbonyl (C=O) groups excluding carboxylic acids is 2. The number of allylic oxidation sites excluding steroid dienone is 1. The second kappa shape index (κ2) is 7.06. The Balaban J connectivity index is 1.40. The summed E-state index contributed by atoms with van der Waals surface area (Å²) in [7, 11) is 4.67. The van der Waals surface area contributed by atoms with Gasteiger partial charge in [0.2, 0.25) is 0 Å². The van der Waals surface area contributed by atoms with Crippen molar-refractivity contribution >= 4 is 64.6 Å². The number of ketones is 2. The smallest absolute Gasteiger partial charge is 0.197 e. The van der Waals surface area contributed by atoms with Crippen LogP contribution >= 0.6 is 20.6 Å². The molecule has 0 amide bonds. The predicted octanol–water partition coefficient (Wildman–Crippen LogP) is 5.42. The topological polar surface area (TPSA) is 52.0 Å². The van der Waals surface area contributed by atoms with E-state index in [0.717, 1.165) is 42.7 Å². The van der Waals surface area contributed by atoms with Crippen LogP contribution in [0.3, 0.4) is 0 Å². The lowest BCUT2D eigenvalue weighted by Crippen LogP contribution is -1.99. The van der Waals surface area contributed by atoms with Gasteiger partial charge in [0, 0.05) is 28.6 Å². The first-order valence-corrected chi connectivity index (χ1v) is 11.5. The van der Waals surface area contributed by atoms with Crippen molar-refractivity contribution in [2.45, 2.75) is 0 Å². The summed E-state index contributed by atoms with van der Waals surface area (Å²) in [6.07, 6.45) is 1.71. The van der Waals surface area contributed by atoms with Gasteiger partial charge in [-0.2, -0.15) is 0 Å². The highest BCUT2D eigenvalue weighted by atomic mass is 32.1. The van der Waals surface area contributed by atoms with Crippen LogP contribution < -0.4 is 5.30 Å². The zero-order chi connectivity index (χ0) is 22.0. The Morgan fingerprint density at radius 3 is 2.12 bits per heavy atom. The molecule has 0 bridgehead atoms. The molecular formula is C26H17N2O2PS. The molecule has 0 spiro atoms. The third kappa shape index (κ3) is 2.89. The van der Waals surface area contributed by atoms with Crippen LogP contribution in [0.1, 0.15) is 25.6 Å². The molecule has 0 aliphatic heterocycles. The molecule has 6 rings (SSSR count). The Hall–Kier alpha value is -3.40. The van der Waals surface area contributed by atoms with Gasteiger partial charge in [0.05, 0.1) is 11.1 Å². The van der Waals surface area contributed by atoms with Gasteiger partial charge in [0.25, 0.3) is 0 Å². The largest absolute Gasteiger partial charge is 0.326 e. The average Bonchev–Trinajstić information content (AvgIpc) is 3.41. The van der Waals surface area contributed by atoms with Gasteiger partial charge in [-0.1, -0.05) is 48.5 Å². The monoisotopic (exact) mass is 452 g/mol. The molecule has 154 valence electrons. The number of carbonyl (C=O) groups is 2. The minimum absolute atomic E-state index is 0.209. The number of fused-ring (bicyclic) bond motifs is 3. The molecule has 0 radical (unpaired) electrons. The standard InChI is InChI=1S/C26H17N2O2PS/c1-28-22-13-18(32-26(22)27-25(28)14-6-8-17(31)9-7-14)12-21-23(29)19-10-15-4-2-3-5-16(15)11-20(19)24(21)30/h2-13H,31H2,1H3. The summed E-state index contributed by atoms with van der Waals surface area (Å²) < 4.78 is 2.05. The SMILES string of the molecule is Cn1c(-c2ccc(P)cc2)nc2sc(C=C3C(=O)c4cc5ccccc5cc4C3=O)cc21.